The summed E-state index contributed by atoms with van der Waals surface area (Å²) in [5.41, 5.74) is 5.88. The van der Waals surface area contributed by atoms with Gasteiger partial charge in [-0.3, -0.25) is 4.40 Å². The van der Waals surface area contributed by atoms with E-state index < -0.39 is 0 Å². The van der Waals surface area contributed by atoms with Gasteiger partial charge in [-0.1, -0.05) is 102 Å². The van der Waals surface area contributed by atoms with E-state index in [4.69, 9.17) is 35.4 Å². The van der Waals surface area contributed by atoms with Crippen LogP contribution in [0, 0.1) is 4.64 Å². The fourth-order valence-corrected chi connectivity index (χ4v) is 4.18. The number of H-pyrrole nitrogens is 1. The van der Waals surface area contributed by atoms with Crippen molar-refractivity contribution in [1.82, 2.24) is 14.4 Å². The molecule has 2 heterocycles. The van der Waals surface area contributed by atoms with Gasteiger partial charge in [-0.2, -0.15) is 0 Å². The van der Waals surface area contributed by atoms with Gasteiger partial charge in [-0.15, -0.1) is 0 Å². The Morgan fingerprint density at radius 1 is 0.767 bits per heavy atom. The standard InChI is InChI=1S/C24H15Cl2N3S/c25-20-8-4-7-18(22(20)26)19-13-27-24-28-21(14-29(24)23(19)30)17-11-9-16(10-12-17)15-5-2-1-3-6-15/h1-14H,(H,27,28). The molecule has 0 aliphatic rings. The lowest BCUT2D eigenvalue weighted by Gasteiger charge is -2.06. The van der Waals surface area contributed by atoms with E-state index in [0.29, 0.717) is 20.5 Å². The van der Waals surface area contributed by atoms with Crippen molar-refractivity contribution in [2.45, 2.75) is 0 Å². The fourth-order valence-electron chi connectivity index (χ4n) is 3.48. The number of aromatic amines is 1. The Labute approximate surface area is 188 Å². The molecule has 1 N–H and O–H groups in total. The third kappa shape index (κ3) is 3.33. The Morgan fingerprint density at radius 2 is 1.47 bits per heavy atom. The van der Waals surface area contributed by atoms with Crippen molar-refractivity contribution in [2.24, 2.45) is 0 Å². The highest BCUT2D eigenvalue weighted by Gasteiger charge is 2.12. The van der Waals surface area contributed by atoms with E-state index in [2.05, 4.69) is 46.4 Å². The lowest BCUT2D eigenvalue weighted by atomic mass is 10.0. The molecule has 5 aromatic rings. The molecule has 6 heteroatoms. The highest BCUT2D eigenvalue weighted by molar-refractivity contribution is 7.71. The minimum absolute atomic E-state index is 0.472. The molecular formula is C24H15Cl2N3S. The van der Waals surface area contributed by atoms with E-state index in [1.165, 1.54) is 11.1 Å². The molecule has 0 amide bonds. The number of hydrogen-bond acceptors (Lipinski definition) is 2. The van der Waals surface area contributed by atoms with Crippen molar-refractivity contribution >= 4 is 41.2 Å². The first kappa shape index (κ1) is 19.1. The summed E-state index contributed by atoms with van der Waals surface area (Å²) in [4.78, 5) is 7.88. The quantitative estimate of drug-likeness (QED) is 0.287. The largest absolute Gasteiger partial charge is 0.323 e. The van der Waals surface area contributed by atoms with Gasteiger partial charge in [0.25, 0.3) is 0 Å². The van der Waals surface area contributed by atoms with E-state index in [1.54, 1.807) is 12.3 Å². The van der Waals surface area contributed by atoms with Crippen LogP contribution in [0.3, 0.4) is 0 Å². The Balaban J connectivity index is 1.57. The topological polar surface area (TPSA) is 33.1 Å². The number of benzene rings is 3. The van der Waals surface area contributed by atoms with Gasteiger partial charge in [-0.25, -0.2) is 4.98 Å². The van der Waals surface area contributed by atoms with Crippen molar-refractivity contribution in [1.29, 1.82) is 0 Å². The summed E-state index contributed by atoms with van der Waals surface area (Å²) in [5.74, 6) is 0.670. The molecule has 0 unspecified atom stereocenters. The van der Waals surface area contributed by atoms with Crippen LogP contribution in [0.2, 0.25) is 10.0 Å². The summed E-state index contributed by atoms with van der Waals surface area (Å²) in [6.45, 7) is 0. The van der Waals surface area contributed by atoms with Crippen LogP contribution in [0.25, 0.3) is 39.3 Å². The Kier molecular flexibility index (Phi) is 4.91. The summed E-state index contributed by atoms with van der Waals surface area (Å²) in [6, 6.07) is 24.2. The molecule has 0 saturated carbocycles. The molecule has 0 bridgehead atoms. The Morgan fingerprint density at radius 3 is 2.23 bits per heavy atom. The number of nitrogens with one attached hydrogen (secondary N) is 1. The van der Waals surface area contributed by atoms with Crippen LogP contribution in [0.5, 0.6) is 0 Å². The molecule has 3 aromatic carbocycles. The normalized spacial score (nSPS) is 11.1. The van der Waals surface area contributed by atoms with Crippen molar-refractivity contribution in [3.8, 4) is 33.5 Å². The average Bonchev–Trinajstić information content (AvgIpc) is 3.22. The lowest BCUT2D eigenvalue weighted by molar-refractivity contribution is 1.09. The summed E-state index contributed by atoms with van der Waals surface area (Å²) < 4.78 is 2.48. The second-order valence-electron chi connectivity index (χ2n) is 6.88. The monoisotopic (exact) mass is 447 g/mol. The molecule has 2 aromatic heterocycles. The lowest BCUT2D eigenvalue weighted by Crippen LogP contribution is -1.93. The summed E-state index contributed by atoms with van der Waals surface area (Å²) >= 11 is 18.3. The number of nitrogens with zero attached hydrogens (tertiary/aromatic N) is 2. The van der Waals surface area contributed by atoms with Gasteiger partial charge < -0.3 is 4.98 Å². The van der Waals surface area contributed by atoms with Crippen LogP contribution >= 0.6 is 35.4 Å². The maximum absolute atomic E-state index is 6.39. The van der Waals surface area contributed by atoms with Crippen LogP contribution in [-0.2, 0) is 0 Å². The predicted octanol–water partition coefficient (Wildman–Crippen LogP) is 7.70. The SMILES string of the molecule is S=c1c(-c2cccc(Cl)c2Cl)cnc2[nH]c(-c3ccc(-c4ccccc4)cc3)cn12. The van der Waals surface area contributed by atoms with E-state index in [1.807, 2.05) is 40.9 Å². The third-order valence-corrected chi connectivity index (χ3v) is 6.28. The molecule has 0 atom stereocenters. The minimum atomic E-state index is 0.472. The Bertz CT molecular complexity index is 1420. The van der Waals surface area contributed by atoms with Gasteiger partial charge in [0.15, 0.2) is 0 Å². The van der Waals surface area contributed by atoms with Gasteiger partial charge >= 0.3 is 0 Å². The minimum Gasteiger partial charge on any atom is -0.323 e. The number of halogens is 2. The summed E-state index contributed by atoms with van der Waals surface area (Å²) in [7, 11) is 0. The van der Waals surface area contributed by atoms with E-state index in [0.717, 1.165) is 22.4 Å². The third-order valence-electron chi connectivity index (χ3n) is 5.04. The average molecular weight is 448 g/mol. The first-order valence-electron chi connectivity index (χ1n) is 9.32. The van der Waals surface area contributed by atoms with Crippen molar-refractivity contribution in [3.63, 3.8) is 0 Å². The molecule has 0 aliphatic carbocycles. The maximum Gasteiger partial charge on any atom is 0.212 e. The van der Waals surface area contributed by atoms with E-state index in [-0.39, 0.29) is 0 Å². The highest BCUT2D eigenvalue weighted by atomic mass is 35.5. The van der Waals surface area contributed by atoms with Crippen LogP contribution in [0.15, 0.2) is 85.2 Å². The van der Waals surface area contributed by atoms with E-state index in [9.17, 15) is 0 Å². The number of imidazole rings is 1. The van der Waals surface area contributed by atoms with Crippen molar-refractivity contribution < 1.29 is 0 Å². The van der Waals surface area contributed by atoms with E-state index >= 15 is 0 Å². The number of aromatic nitrogens is 3. The molecular weight excluding hydrogens is 433 g/mol. The van der Waals surface area contributed by atoms with Crippen LogP contribution < -0.4 is 0 Å². The molecule has 0 fully saturated rings. The maximum atomic E-state index is 6.39. The molecule has 0 saturated heterocycles. The zero-order valence-electron chi connectivity index (χ0n) is 15.6. The van der Waals surface area contributed by atoms with Gasteiger partial charge in [0.2, 0.25) is 5.78 Å². The first-order chi connectivity index (χ1) is 14.6. The molecule has 146 valence electrons. The predicted molar refractivity (Wildman–Crippen MR) is 127 cm³/mol. The molecule has 3 nitrogen and oxygen atoms in total. The zero-order chi connectivity index (χ0) is 20.7. The first-order valence-corrected chi connectivity index (χ1v) is 10.5. The molecule has 0 radical (unpaired) electrons. The Hall–Kier alpha value is -2.92. The molecule has 30 heavy (non-hydrogen) atoms. The van der Waals surface area contributed by atoms with Crippen molar-refractivity contribution in [3.05, 3.63) is 99.9 Å². The molecule has 0 spiro atoms. The second-order valence-corrected chi connectivity index (χ2v) is 8.06. The number of fused-ring (bicyclic) bond motifs is 1. The zero-order valence-corrected chi connectivity index (χ0v) is 18.0. The second kappa shape index (κ2) is 7.73. The molecule has 5 rings (SSSR count). The van der Waals surface area contributed by atoms with Gasteiger partial charge in [0.1, 0.15) is 4.64 Å². The van der Waals surface area contributed by atoms with Crippen LogP contribution in [-0.4, -0.2) is 14.4 Å². The molecule has 0 aliphatic heterocycles. The smallest absolute Gasteiger partial charge is 0.212 e. The van der Waals surface area contributed by atoms with Crippen LogP contribution in [0.4, 0.5) is 0 Å². The summed E-state index contributed by atoms with van der Waals surface area (Å²) in [5, 5.41) is 0.959. The fraction of sp³-hybridized carbons (Fsp3) is 0. The number of hydrogen-bond donors (Lipinski definition) is 1. The summed E-state index contributed by atoms with van der Waals surface area (Å²) in [6.07, 6.45) is 3.69. The van der Waals surface area contributed by atoms with Crippen LogP contribution in [0.1, 0.15) is 0 Å². The highest BCUT2D eigenvalue weighted by Crippen LogP contribution is 2.34. The van der Waals surface area contributed by atoms with Gasteiger partial charge in [0.05, 0.1) is 15.7 Å². The van der Waals surface area contributed by atoms with Gasteiger partial charge in [-0.05, 0) is 22.8 Å². The number of rotatable bonds is 3. The van der Waals surface area contributed by atoms with Gasteiger partial charge in [0, 0.05) is 23.5 Å². The van der Waals surface area contributed by atoms with Crippen molar-refractivity contribution in [2.75, 3.05) is 0 Å².